The summed E-state index contributed by atoms with van der Waals surface area (Å²) in [7, 11) is 1.49. The maximum atomic E-state index is 12.6. The number of carbonyl (C=O) groups is 4. The zero-order valence-corrected chi connectivity index (χ0v) is 17.0. The van der Waals surface area contributed by atoms with Gasteiger partial charge in [0.05, 0.1) is 12.8 Å². The van der Waals surface area contributed by atoms with Crippen molar-refractivity contribution in [3.05, 3.63) is 54.1 Å². The molecule has 1 N–H and O–H groups in total. The molecule has 30 heavy (non-hydrogen) atoms. The molecular formula is C22H23N3O5. The second kappa shape index (κ2) is 8.77. The van der Waals surface area contributed by atoms with Gasteiger partial charge in [-0.25, -0.2) is 14.6 Å². The van der Waals surface area contributed by atoms with Crippen molar-refractivity contribution in [1.29, 1.82) is 0 Å². The van der Waals surface area contributed by atoms with E-state index in [1.807, 2.05) is 12.1 Å². The number of anilines is 2. The molecule has 1 heterocycles. The molecule has 0 aromatic heterocycles. The largest absolute Gasteiger partial charge is 0.497 e. The highest BCUT2D eigenvalue weighted by molar-refractivity contribution is 6.53. The summed E-state index contributed by atoms with van der Waals surface area (Å²) in [4.78, 5) is 50.9. The predicted octanol–water partition coefficient (Wildman–Crippen LogP) is 3.14. The number of urea groups is 1. The van der Waals surface area contributed by atoms with Crippen molar-refractivity contribution in [2.24, 2.45) is 0 Å². The SMILES string of the molecule is CC[C@H](C)c1ccc(NC(=O)CN2C(=O)C(=O)N(c3ccc(OC)cc3)C2=O)cc1. The third-order valence-corrected chi connectivity index (χ3v) is 5.06. The van der Waals surface area contributed by atoms with E-state index in [9.17, 15) is 19.2 Å². The average molecular weight is 409 g/mol. The van der Waals surface area contributed by atoms with Crippen molar-refractivity contribution < 1.29 is 23.9 Å². The lowest BCUT2D eigenvalue weighted by molar-refractivity contribution is -0.140. The second-order valence-corrected chi connectivity index (χ2v) is 6.99. The summed E-state index contributed by atoms with van der Waals surface area (Å²) in [5.41, 5.74) is 1.92. The van der Waals surface area contributed by atoms with Gasteiger partial charge in [-0.05, 0) is 54.3 Å². The first-order chi connectivity index (χ1) is 14.3. The van der Waals surface area contributed by atoms with Gasteiger partial charge in [-0.15, -0.1) is 0 Å². The van der Waals surface area contributed by atoms with E-state index in [1.165, 1.54) is 19.2 Å². The summed E-state index contributed by atoms with van der Waals surface area (Å²) in [6.45, 7) is 3.66. The third-order valence-electron chi connectivity index (χ3n) is 5.06. The van der Waals surface area contributed by atoms with Gasteiger partial charge in [0, 0.05) is 5.69 Å². The molecule has 0 spiro atoms. The molecule has 1 fully saturated rings. The van der Waals surface area contributed by atoms with Gasteiger partial charge in [0.15, 0.2) is 0 Å². The maximum Gasteiger partial charge on any atom is 0.339 e. The molecule has 0 bridgehead atoms. The van der Waals surface area contributed by atoms with E-state index < -0.39 is 30.3 Å². The van der Waals surface area contributed by atoms with Gasteiger partial charge in [0.1, 0.15) is 12.3 Å². The van der Waals surface area contributed by atoms with Crippen LogP contribution in [0.25, 0.3) is 0 Å². The Balaban J connectivity index is 1.68. The van der Waals surface area contributed by atoms with Crippen LogP contribution in [0.1, 0.15) is 31.7 Å². The van der Waals surface area contributed by atoms with Crippen LogP contribution in [0.4, 0.5) is 16.2 Å². The number of rotatable bonds is 7. The smallest absolute Gasteiger partial charge is 0.339 e. The number of nitrogens with one attached hydrogen (secondary N) is 1. The standard InChI is InChI=1S/C22H23N3O5/c1-4-14(2)15-5-7-16(8-6-15)23-19(26)13-24-20(27)21(28)25(22(24)29)17-9-11-18(30-3)12-10-17/h5-12,14H,4,13H2,1-3H3,(H,23,26)/t14-/m0/s1. The first-order valence-corrected chi connectivity index (χ1v) is 9.59. The number of methoxy groups -OCH3 is 1. The van der Waals surface area contributed by atoms with E-state index in [-0.39, 0.29) is 5.69 Å². The van der Waals surface area contributed by atoms with Crippen LogP contribution in [0, 0.1) is 0 Å². The Kier molecular flexibility index (Phi) is 6.15. The van der Waals surface area contributed by atoms with Crippen molar-refractivity contribution in [3.63, 3.8) is 0 Å². The van der Waals surface area contributed by atoms with Crippen molar-refractivity contribution >= 4 is 35.1 Å². The molecule has 2 aromatic rings. The highest BCUT2D eigenvalue weighted by Crippen LogP contribution is 2.25. The van der Waals surface area contributed by atoms with E-state index in [4.69, 9.17) is 4.74 Å². The number of amides is 5. The monoisotopic (exact) mass is 409 g/mol. The highest BCUT2D eigenvalue weighted by Gasteiger charge is 2.46. The highest BCUT2D eigenvalue weighted by atomic mass is 16.5. The van der Waals surface area contributed by atoms with Gasteiger partial charge in [-0.3, -0.25) is 14.4 Å². The molecule has 8 nitrogen and oxygen atoms in total. The third kappa shape index (κ3) is 4.17. The number of nitrogens with zero attached hydrogens (tertiary/aromatic N) is 2. The summed E-state index contributed by atoms with van der Waals surface area (Å²) < 4.78 is 5.04. The molecule has 1 saturated heterocycles. The summed E-state index contributed by atoms with van der Waals surface area (Å²) in [5.74, 6) is -1.67. The molecule has 1 atom stereocenters. The summed E-state index contributed by atoms with van der Waals surface area (Å²) in [6.07, 6.45) is 1.00. The van der Waals surface area contributed by atoms with Gasteiger partial charge in [-0.2, -0.15) is 0 Å². The molecule has 3 rings (SSSR count). The Hall–Kier alpha value is -3.68. The Morgan fingerprint density at radius 1 is 1.00 bits per heavy atom. The van der Waals surface area contributed by atoms with Crippen LogP contribution >= 0.6 is 0 Å². The Labute approximate surface area is 174 Å². The molecule has 1 aliphatic rings. The molecule has 5 amide bonds. The lowest BCUT2D eigenvalue weighted by Gasteiger charge is -2.16. The summed E-state index contributed by atoms with van der Waals surface area (Å²) >= 11 is 0. The zero-order valence-electron chi connectivity index (χ0n) is 17.0. The molecule has 0 saturated carbocycles. The Bertz CT molecular complexity index is 969. The average Bonchev–Trinajstić information content (AvgIpc) is 2.97. The number of hydrogen-bond acceptors (Lipinski definition) is 5. The van der Waals surface area contributed by atoms with Crippen LogP contribution in [0.3, 0.4) is 0 Å². The molecule has 0 aliphatic carbocycles. The first kappa shape index (κ1) is 21.0. The minimum absolute atomic E-state index is 0.225. The lowest BCUT2D eigenvalue weighted by Crippen LogP contribution is -2.39. The van der Waals surface area contributed by atoms with Crippen LogP contribution in [-0.2, 0) is 14.4 Å². The molecule has 156 valence electrons. The van der Waals surface area contributed by atoms with Gasteiger partial charge >= 0.3 is 17.8 Å². The van der Waals surface area contributed by atoms with E-state index in [0.717, 1.165) is 16.9 Å². The molecule has 8 heteroatoms. The van der Waals surface area contributed by atoms with Crippen LogP contribution in [0.2, 0.25) is 0 Å². The van der Waals surface area contributed by atoms with Crippen molar-refractivity contribution in [3.8, 4) is 5.75 Å². The van der Waals surface area contributed by atoms with Crippen molar-refractivity contribution in [2.75, 3.05) is 23.9 Å². The van der Waals surface area contributed by atoms with Gasteiger partial charge in [0.2, 0.25) is 5.91 Å². The van der Waals surface area contributed by atoms with Crippen LogP contribution in [0.5, 0.6) is 5.75 Å². The van der Waals surface area contributed by atoms with Crippen LogP contribution < -0.4 is 15.0 Å². The number of benzene rings is 2. The van der Waals surface area contributed by atoms with E-state index in [2.05, 4.69) is 19.2 Å². The van der Waals surface area contributed by atoms with Crippen LogP contribution in [0.15, 0.2) is 48.5 Å². The number of ether oxygens (including phenoxy) is 1. The minimum atomic E-state index is -1.04. The summed E-state index contributed by atoms with van der Waals surface area (Å²) in [6, 6.07) is 12.6. The molecule has 1 aliphatic heterocycles. The maximum absolute atomic E-state index is 12.6. The quantitative estimate of drug-likeness (QED) is 0.560. The lowest BCUT2D eigenvalue weighted by atomic mass is 9.99. The molecule has 0 radical (unpaired) electrons. The van der Waals surface area contributed by atoms with E-state index in [1.54, 1.807) is 24.3 Å². The Morgan fingerprint density at radius 2 is 1.63 bits per heavy atom. The second-order valence-electron chi connectivity index (χ2n) is 6.99. The van der Waals surface area contributed by atoms with E-state index in [0.29, 0.717) is 22.3 Å². The van der Waals surface area contributed by atoms with Gasteiger partial charge < -0.3 is 10.1 Å². The first-order valence-electron chi connectivity index (χ1n) is 9.59. The molecule has 2 aromatic carbocycles. The fourth-order valence-electron chi connectivity index (χ4n) is 3.08. The number of hydrogen-bond donors (Lipinski definition) is 1. The molecule has 0 unspecified atom stereocenters. The van der Waals surface area contributed by atoms with Gasteiger partial charge in [0.25, 0.3) is 0 Å². The van der Waals surface area contributed by atoms with Crippen molar-refractivity contribution in [1.82, 2.24) is 4.90 Å². The Morgan fingerprint density at radius 3 is 2.20 bits per heavy atom. The fourth-order valence-corrected chi connectivity index (χ4v) is 3.08. The molecular weight excluding hydrogens is 386 g/mol. The normalized spacial score (nSPS) is 14.8. The number of carbonyl (C=O) groups excluding carboxylic acids is 4. The van der Waals surface area contributed by atoms with Crippen molar-refractivity contribution in [2.45, 2.75) is 26.2 Å². The zero-order chi connectivity index (χ0) is 21.8. The predicted molar refractivity (Wildman–Crippen MR) is 111 cm³/mol. The van der Waals surface area contributed by atoms with E-state index >= 15 is 0 Å². The number of imide groups is 2. The fraction of sp³-hybridized carbons (Fsp3) is 0.273. The van der Waals surface area contributed by atoms with Crippen LogP contribution in [-0.4, -0.2) is 42.3 Å². The minimum Gasteiger partial charge on any atom is -0.497 e. The van der Waals surface area contributed by atoms with Gasteiger partial charge in [-0.1, -0.05) is 26.0 Å². The summed E-state index contributed by atoms with van der Waals surface area (Å²) in [5, 5.41) is 2.65. The topological polar surface area (TPSA) is 96.0 Å².